The van der Waals surface area contributed by atoms with Gasteiger partial charge >= 0.3 is 0 Å². The summed E-state index contributed by atoms with van der Waals surface area (Å²) in [5.41, 5.74) is 3.50. The third-order valence-corrected chi connectivity index (χ3v) is 3.62. The molecule has 0 unspecified atom stereocenters. The van der Waals surface area contributed by atoms with E-state index in [0.29, 0.717) is 13.1 Å². The number of ketones is 2. The van der Waals surface area contributed by atoms with Gasteiger partial charge in [-0.1, -0.05) is 60.7 Å². The number of carbonyl (C=O) groups is 2. The average Bonchev–Trinajstić information content (AvgIpc) is 2.64. The Hall–Kier alpha value is -3.14. The van der Waals surface area contributed by atoms with Crippen molar-refractivity contribution in [2.24, 2.45) is 0 Å². The van der Waals surface area contributed by atoms with Gasteiger partial charge in [-0.15, -0.1) is 0 Å². The molecule has 0 spiro atoms. The smallest absolute Gasteiger partial charge is 0.154 e. The Balaban J connectivity index is 2.00. The van der Waals surface area contributed by atoms with E-state index in [1.807, 2.05) is 60.7 Å². The highest BCUT2D eigenvalue weighted by Gasteiger charge is 2.04. The van der Waals surface area contributed by atoms with Crippen molar-refractivity contribution in [3.8, 4) is 0 Å². The van der Waals surface area contributed by atoms with Crippen molar-refractivity contribution >= 4 is 23.0 Å². The van der Waals surface area contributed by atoms with Crippen LogP contribution in [0.1, 0.15) is 25.0 Å². The molecule has 0 bridgehead atoms. The molecule has 0 aliphatic rings. The Morgan fingerprint density at radius 3 is 1.35 bits per heavy atom. The largest absolute Gasteiger partial charge is 0.383 e. The number of nitrogens with one attached hydrogen (secondary N) is 2. The van der Waals surface area contributed by atoms with Gasteiger partial charge in [0.05, 0.1) is 0 Å². The van der Waals surface area contributed by atoms with Crippen LogP contribution in [0.5, 0.6) is 0 Å². The van der Waals surface area contributed by atoms with Crippen LogP contribution >= 0.6 is 0 Å². The van der Waals surface area contributed by atoms with Crippen molar-refractivity contribution in [1.82, 2.24) is 10.6 Å². The lowest BCUT2D eigenvalue weighted by atomic mass is 10.1. The molecular formula is C22H24N2O2. The summed E-state index contributed by atoms with van der Waals surface area (Å²) in [6.45, 7) is 4.28. The summed E-state index contributed by atoms with van der Waals surface area (Å²) in [4.78, 5) is 23.0. The molecule has 2 N–H and O–H groups in total. The molecule has 0 aliphatic carbocycles. The minimum Gasteiger partial charge on any atom is -0.383 e. The molecule has 2 rings (SSSR count). The number of hydrogen-bond donors (Lipinski definition) is 2. The second-order valence-corrected chi connectivity index (χ2v) is 5.92. The van der Waals surface area contributed by atoms with E-state index in [4.69, 9.17) is 0 Å². The predicted molar refractivity (Wildman–Crippen MR) is 106 cm³/mol. The molecule has 0 atom stereocenters. The summed E-state index contributed by atoms with van der Waals surface area (Å²) in [5, 5.41) is 6.59. The minimum atomic E-state index is -0.00855. The van der Waals surface area contributed by atoms with Crippen molar-refractivity contribution < 1.29 is 9.59 Å². The standard InChI is InChI=1S/C22H24N2O2/c1-17(25)15-21(19-9-5-3-6-10-19)23-13-14-24-22(16-18(2)26)20-11-7-4-8-12-20/h3-12,15-16,23-24H,13-14H2,1-2H3/b21-15-,22-16-. The monoisotopic (exact) mass is 348 g/mol. The first kappa shape index (κ1) is 19.2. The maximum absolute atomic E-state index is 11.5. The van der Waals surface area contributed by atoms with Gasteiger partial charge in [-0.05, 0) is 25.0 Å². The molecule has 4 heteroatoms. The summed E-state index contributed by atoms with van der Waals surface area (Å²) in [6.07, 6.45) is 3.19. The molecule has 2 aromatic rings. The molecule has 0 saturated heterocycles. The topological polar surface area (TPSA) is 58.2 Å². The van der Waals surface area contributed by atoms with E-state index in [9.17, 15) is 9.59 Å². The molecule has 0 fully saturated rings. The van der Waals surface area contributed by atoms with Crippen LogP contribution in [0.3, 0.4) is 0 Å². The normalized spacial score (nSPS) is 11.8. The van der Waals surface area contributed by atoms with Crippen molar-refractivity contribution in [1.29, 1.82) is 0 Å². The maximum Gasteiger partial charge on any atom is 0.154 e. The summed E-state index contributed by atoms with van der Waals surface area (Å²) in [6, 6.07) is 19.5. The Morgan fingerprint density at radius 1 is 0.692 bits per heavy atom. The lowest BCUT2D eigenvalue weighted by Gasteiger charge is -2.14. The molecule has 26 heavy (non-hydrogen) atoms. The van der Waals surface area contributed by atoms with Gasteiger partial charge in [0, 0.05) is 36.6 Å². The Morgan fingerprint density at radius 2 is 1.04 bits per heavy atom. The van der Waals surface area contributed by atoms with Crippen molar-refractivity contribution in [2.75, 3.05) is 13.1 Å². The van der Waals surface area contributed by atoms with Gasteiger partial charge in [0.2, 0.25) is 0 Å². The highest BCUT2D eigenvalue weighted by atomic mass is 16.1. The zero-order valence-corrected chi connectivity index (χ0v) is 15.2. The summed E-state index contributed by atoms with van der Waals surface area (Å²) < 4.78 is 0. The van der Waals surface area contributed by atoms with E-state index < -0.39 is 0 Å². The molecule has 0 heterocycles. The summed E-state index contributed by atoms with van der Waals surface area (Å²) in [7, 11) is 0. The number of allylic oxidation sites excluding steroid dienone is 2. The van der Waals surface area contributed by atoms with E-state index in [1.54, 1.807) is 12.2 Å². The van der Waals surface area contributed by atoms with Crippen LogP contribution in [0, 0.1) is 0 Å². The molecule has 134 valence electrons. The zero-order valence-electron chi connectivity index (χ0n) is 15.2. The van der Waals surface area contributed by atoms with E-state index in [2.05, 4.69) is 10.6 Å². The maximum atomic E-state index is 11.5. The SMILES string of the molecule is CC(=O)/C=C(\NCCN/C(=C\C(C)=O)c1ccccc1)c1ccccc1. The van der Waals surface area contributed by atoms with Gasteiger partial charge in [0.15, 0.2) is 11.6 Å². The van der Waals surface area contributed by atoms with Gasteiger partial charge in [-0.25, -0.2) is 0 Å². The van der Waals surface area contributed by atoms with Gasteiger partial charge in [0.25, 0.3) is 0 Å². The first-order chi connectivity index (χ1) is 12.6. The molecule has 2 aromatic carbocycles. The fourth-order valence-corrected chi connectivity index (χ4v) is 2.51. The van der Waals surface area contributed by atoms with Crippen LogP contribution in [0.15, 0.2) is 72.8 Å². The van der Waals surface area contributed by atoms with Gasteiger partial charge in [-0.3, -0.25) is 9.59 Å². The predicted octanol–water partition coefficient (Wildman–Crippen LogP) is 3.43. The van der Waals surface area contributed by atoms with Crippen LogP contribution < -0.4 is 10.6 Å². The molecule has 0 amide bonds. The summed E-state index contributed by atoms with van der Waals surface area (Å²) in [5.74, 6) is -0.0171. The summed E-state index contributed by atoms with van der Waals surface area (Å²) >= 11 is 0. The van der Waals surface area contributed by atoms with Crippen LogP contribution in [0.4, 0.5) is 0 Å². The Labute approximate surface area is 154 Å². The first-order valence-corrected chi connectivity index (χ1v) is 8.59. The van der Waals surface area contributed by atoms with E-state index in [0.717, 1.165) is 22.5 Å². The van der Waals surface area contributed by atoms with E-state index in [-0.39, 0.29) is 11.6 Å². The van der Waals surface area contributed by atoms with E-state index >= 15 is 0 Å². The average molecular weight is 348 g/mol. The van der Waals surface area contributed by atoms with Gasteiger partial charge in [-0.2, -0.15) is 0 Å². The lowest BCUT2D eigenvalue weighted by Crippen LogP contribution is -2.26. The number of benzene rings is 2. The van der Waals surface area contributed by atoms with Crippen LogP contribution in [0.2, 0.25) is 0 Å². The molecular weight excluding hydrogens is 324 g/mol. The van der Waals surface area contributed by atoms with Crippen molar-refractivity contribution in [3.63, 3.8) is 0 Å². The Kier molecular flexibility index (Phi) is 7.37. The Bertz CT molecular complexity index is 724. The second-order valence-electron chi connectivity index (χ2n) is 5.92. The second kappa shape index (κ2) is 9.99. The van der Waals surface area contributed by atoms with Crippen molar-refractivity contribution in [2.45, 2.75) is 13.8 Å². The molecule has 0 radical (unpaired) electrons. The third-order valence-electron chi connectivity index (χ3n) is 3.62. The number of rotatable bonds is 9. The van der Waals surface area contributed by atoms with Crippen LogP contribution in [0.25, 0.3) is 11.4 Å². The highest BCUT2D eigenvalue weighted by Crippen LogP contribution is 2.12. The lowest BCUT2D eigenvalue weighted by molar-refractivity contribution is -0.113. The minimum absolute atomic E-state index is 0.00855. The van der Waals surface area contributed by atoms with Crippen molar-refractivity contribution in [3.05, 3.63) is 83.9 Å². The highest BCUT2D eigenvalue weighted by molar-refractivity contribution is 5.95. The number of carbonyl (C=O) groups excluding carboxylic acids is 2. The third kappa shape index (κ3) is 6.40. The van der Waals surface area contributed by atoms with E-state index in [1.165, 1.54) is 13.8 Å². The molecule has 0 aromatic heterocycles. The fraction of sp³-hybridized carbons (Fsp3) is 0.182. The molecule has 0 aliphatic heterocycles. The zero-order chi connectivity index (χ0) is 18.8. The molecule has 0 saturated carbocycles. The van der Waals surface area contributed by atoms with Crippen LogP contribution in [-0.2, 0) is 9.59 Å². The van der Waals surface area contributed by atoms with Gasteiger partial charge in [0.1, 0.15) is 0 Å². The quantitative estimate of drug-likeness (QED) is 0.538. The first-order valence-electron chi connectivity index (χ1n) is 8.59. The van der Waals surface area contributed by atoms with Gasteiger partial charge < -0.3 is 10.6 Å². The van der Waals surface area contributed by atoms with Crippen LogP contribution in [-0.4, -0.2) is 24.7 Å². The fourth-order valence-electron chi connectivity index (χ4n) is 2.51. The molecule has 4 nitrogen and oxygen atoms in total. The number of hydrogen-bond acceptors (Lipinski definition) is 4.